The molecule has 0 spiro atoms. The normalized spacial score (nSPS) is 13.5. The third-order valence-corrected chi connectivity index (χ3v) is 5.69. The number of thiazole rings is 1. The van der Waals surface area contributed by atoms with Gasteiger partial charge in [-0.25, -0.2) is 9.78 Å². The predicted molar refractivity (Wildman–Crippen MR) is 109 cm³/mol. The number of nitriles is 1. The third kappa shape index (κ3) is 4.51. The van der Waals surface area contributed by atoms with E-state index in [-0.39, 0.29) is 12.0 Å². The largest absolute Gasteiger partial charge is 0.444 e. The molecule has 2 heterocycles. The Morgan fingerprint density at radius 1 is 1.39 bits per heavy atom. The maximum Gasteiger partial charge on any atom is 0.410 e. The van der Waals surface area contributed by atoms with E-state index in [1.165, 1.54) is 11.3 Å². The van der Waals surface area contributed by atoms with Crippen LogP contribution >= 0.6 is 27.3 Å². The second-order valence-electron chi connectivity index (χ2n) is 7.27. The molecule has 0 unspecified atom stereocenters. The molecule has 1 N–H and O–H groups in total. The Labute approximate surface area is 175 Å². The number of aromatic nitrogens is 1. The Hall–Kier alpha value is -2.44. The van der Waals surface area contributed by atoms with E-state index in [1.807, 2.05) is 20.8 Å². The Bertz CT molecular complexity index is 975. The molecule has 1 aromatic heterocycles. The molecule has 1 aliphatic rings. The number of halogens is 1. The van der Waals surface area contributed by atoms with E-state index in [2.05, 4.69) is 32.3 Å². The van der Waals surface area contributed by atoms with Gasteiger partial charge in [-0.3, -0.25) is 4.79 Å². The van der Waals surface area contributed by atoms with E-state index >= 15 is 0 Å². The van der Waals surface area contributed by atoms with Crippen LogP contribution in [-0.2, 0) is 17.7 Å². The van der Waals surface area contributed by atoms with Crippen molar-refractivity contribution in [3.05, 3.63) is 43.8 Å². The molecule has 2 aromatic rings. The van der Waals surface area contributed by atoms with Crippen LogP contribution in [0.4, 0.5) is 10.5 Å². The predicted octanol–water partition coefficient (Wildman–Crippen LogP) is 4.32. The number of carbonyl (C=O) groups is 2. The highest BCUT2D eigenvalue weighted by Gasteiger charge is 2.29. The lowest BCUT2D eigenvalue weighted by Gasteiger charge is -2.29. The van der Waals surface area contributed by atoms with E-state index in [0.717, 1.165) is 10.6 Å². The standard InChI is InChI=1S/C19H19BrN4O3S/c1-19(2,3)27-18(26)24-8-7-14-15(10-24)28-17(23-14)16(25)22-13-6-4-5-12(20)11(13)9-21/h4-6H,7-8,10H2,1-3H3,(H,22,25). The minimum Gasteiger partial charge on any atom is -0.444 e. The van der Waals surface area contributed by atoms with E-state index in [0.29, 0.717) is 40.2 Å². The highest BCUT2D eigenvalue weighted by molar-refractivity contribution is 9.10. The first kappa shape index (κ1) is 20.3. The SMILES string of the molecule is CC(C)(C)OC(=O)N1CCc2nc(C(=O)Nc3cccc(Br)c3C#N)sc2C1. The molecule has 0 radical (unpaired) electrons. The van der Waals surface area contributed by atoms with Crippen LogP contribution in [0, 0.1) is 11.3 Å². The average molecular weight is 463 g/mol. The maximum absolute atomic E-state index is 12.6. The molecule has 0 saturated carbocycles. The van der Waals surface area contributed by atoms with Gasteiger partial charge in [0.2, 0.25) is 0 Å². The molecule has 7 nitrogen and oxygen atoms in total. The zero-order valence-corrected chi connectivity index (χ0v) is 18.1. The van der Waals surface area contributed by atoms with Gasteiger partial charge in [-0.2, -0.15) is 5.26 Å². The minimum absolute atomic E-state index is 0.305. The summed E-state index contributed by atoms with van der Waals surface area (Å²) in [5.41, 5.74) is 1.04. The first-order chi connectivity index (χ1) is 13.2. The quantitative estimate of drug-likeness (QED) is 0.716. The summed E-state index contributed by atoms with van der Waals surface area (Å²) in [5.74, 6) is -0.377. The summed E-state index contributed by atoms with van der Waals surface area (Å²) in [4.78, 5) is 31.8. The first-order valence-electron chi connectivity index (χ1n) is 8.64. The van der Waals surface area contributed by atoms with Gasteiger partial charge in [0.15, 0.2) is 5.01 Å². The smallest absolute Gasteiger partial charge is 0.410 e. The van der Waals surface area contributed by atoms with Crippen LogP contribution in [0.1, 0.15) is 46.7 Å². The first-order valence-corrected chi connectivity index (χ1v) is 10.3. The number of hydrogen-bond acceptors (Lipinski definition) is 6. The van der Waals surface area contributed by atoms with Gasteiger partial charge >= 0.3 is 6.09 Å². The van der Waals surface area contributed by atoms with Crippen molar-refractivity contribution in [1.29, 1.82) is 5.26 Å². The van der Waals surface area contributed by atoms with Crippen LogP contribution in [0.5, 0.6) is 0 Å². The van der Waals surface area contributed by atoms with E-state index < -0.39 is 5.60 Å². The molecule has 1 aromatic carbocycles. The summed E-state index contributed by atoms with van der Waals surface area (Å²) in [6.45, 7) is 6.35. The van der Waals surface area contributed by atoms with Gasteiger partial charge in [0, 0.05) is 22.3 Å². The van der Waals surface area contributed by atoms with Crippen molar-refractivity contribution in [2.75, 3.05) is 11.9 Å². The van der Waals surface area contributed by atoms with Gasteiger partial charge in [-0.1, -0.05) is 6.07 Å². The number of benzene rings is 1. The van der Waals surface area contributed by atoms with Crippen LogP contribution in [0.15, 0.2) is 22.7 Å². The van der Waals surface area contributed by atoms with Gasteiger partial charge in [-0.15, -0.1) is 11.3 Å². The number of hydrogen-bond donors (Lipinski definition) is 1. The van der Waals surface area contributed by atoms with E-state index in [9.17, 15) is 14.9 Å². The van der Waals surface area contributed by atoms with Crippen LogP contribution in [0.25, 0.3) is 0 Å². The van der Waals surface area contributed by atoms with Gasteiger partial charge in [0.05, 0.1) is 23.5 Å². The number of fused-ring (bicyclic) bond motifs is 1. The van der Waals surface area contributed by atoms with Gasteiger partial charge in [0.1, 0.15) is 11.7 Å². The molecule has 9 heteroatoms. The molecule has 0 bridgehead atoms. The lowest BCUT2D eigenvalue weighted by Crippen LogP contribution is -2.39. The summed E-state index contributed by atoms with van der Waals surface area (Å²) >= 11 is 4.56. The summed E-state index contributed by atoms with van der Waals surface area (Å²) < 4.78 is 6.03. The number of ether oxygens (including phenoxy) is 1. The topological polar surface area (TPSA) is 95.3 Å². The molecular weight excluding hydrogens is 444 g/mol. The monoisotopic (exact) mass is 462 g/mol. The fourth-order valence-electron chi connectivity index (χ4n) is 2.69. The molecule has 0 fully saturated rings. The Morgan fingerprint density at radius 3 is 2.82 bits per heavy atom. The fourth-order valence-corrected chi connectivity index (χ4v) is 4.17. The molecule has 0 aliphatic carbocycles. The molecule has 146 valence electrons. The number of amides is 2. The van der Waals surface area contributed by atoms with Crippen LogP contribution in [0.2, 0.25) is 0 Å². The number of carbonyl (C=O) groups excluding carboxylic acids is 2. The maximum atomic E-state index is 12.6. The molecule has 0 atom stereocenters. The summed E-state index contributed by atoms with van der Waals surface area (Å²) in [7, 11) is 0. The molecule has 0 saturated heterocycles. The van der Waals surface area contributed by atoms with Crippen molar-refractivity contribution in [3.63, 3.8) is 0 Å². The average Bonchev–Trinajstić information content (AvgIpc) is 3.04. The summed E-state index contributed by atoms with van der Waals surface area (Å²) in [5, 5.41) is 12.3. The molecular formula is C19H19BrN4O3S. The zero-order chi connectivity index (χ0) is 20.5. The van der Waals surface area contributed by atoms with Gasteiger partial charge < -0.3 is 15.0 Å². The number of nitrogens with one attached hydrogen (secondary N) is 1. The second kappa shape index (κ2) is 7.89. The molecule has 3 rings (SSSR count). The van der Waals surface area contributed by atoms with Crippen molar-refractivity contribution < 1.29 is 14.3 Å². The summed E-state index contributed by atoms with van der Waals surface area (Å²) in [6, 6.07) is 7.22. The fraction of sp³-hybridized carbons (Fsp3) is 0.368. The molecule has 28 heavy (non-hydrogen) atoms. The van der Waals surface area contributed by atoms with Crippen LogP contribution in [0.3, 0.4) is 0 Å². The lowest BCUT2D eigenvalue weighted by atomic mass is 10.2. The summed E-state index contributed by atoms with van der Waals surface area (Å²) in [6.07, 6.45) is 0.198. The van der Waals surface area contributed by atoms with E-state index in [4.69, 9.17) is 4.74 Å². The van der Waals surface area contributed by atoms with Crippen LogP contribution < -0.4 is 5.32 Å². The highest BCUT2D eigenvalue weighted by atomic mass is 79.9. The van der Waals surface area contributed by atoms with E-state index in [1.54, 1.807) is 23.1 Å². The third-order valence-electron chi connectivity index (χ3n) is 3.95. The molecule has 2 amide bonds. The van der Waals surface area contributed by atoms with Crippen LogP contribution in [-0.4, -0.2) is 34.0 Å². The van der Waals surface area contributed by atoms with Gasteiger partial charge in [0.25, 0.3) is 5.91 Å². The minimum atomic E-state index is -0.557. The Balaban J connectivity index is 1.74. The second-order valence-corrected chi connectivity index (χ2v) is 9.21. The Kier molecular flexibility index (Phi) is 5.72. The lowest BCUT2D eigenvalue weighted by molar-refractivity contribution is 0.0225. The Morgan fingerprint density at radius 2 is 2.14 bits per heavy atom. The molecule has 1 aliphatic heterocycles. The van der Waals surface area contributed by atoms with Crippen molar-refractivity contribution in [2.45, 2.75) is 39.3 Å². The van der Waals surface area contributed by atoms with Crippen molar-refractivity contribution in [1.82, 2.24) is 9.88 Å². The van der Waals surface area contributed by atoms with Crippen molar-refractivity contribution in [2.24, 2.45) is 0 Å². The van der Waals surface area contributed by atoms with Gasteiger partial charge in [-0.05, 0) is 48.8 Å². The highest BCUT2D eigenvalue weighted by Crippen LogP contribution is 2.28. The van der Waals surface area contributed by atoms with Crippen molar-refractivity contribution in [3.8, 4) is 6.07 Å². The van der Waals surface area contributed by atoms with Crippen molar-refractivity contribution >= 4 is 45.0 Å². The number of rotatable bonds is 2. The number of anilines is 1. The zero-order valence-electron chi connectivity index (χ0n) is 15.7. The number of nitrogens with zero attached hydrogens (tertiary/aromatic N) is 3.